The van der Waals surface area contributed by atoms with Gasteiger partial charge in [-0.25, -0.2) is 9.18 Å². The zero-order valence-corrected chi connectivity index (χ0v) is 21.5. The Morgan fingerprint density at radius 3 is 2.58 bits per heavy atom. The second kappa shape index (κ2) is 12.2. The van der Waals surface area contributed by atoms with Crippen LogP contribution in [0.3, 0.4) is 0 Å². The van der Waals surface area contributed by atoms with E-state index in [1.807, 2.05) is 23.1 Å². The highest BCUT2D eigenvalue weighted by Crippen LogP contribution is 2.36. The van der Waals surface area contributed by atoms with Crippen LogP contribution in [0.2, 0.25) is 0 Å². The van der Waals surface area contributed by atoms with Crippen LogP contribution in [0, 0.1) is 5.82 Å². The number of carbonyl (C=O) groups excluding carboxylic acids is 1. The first kappa shape index (κ1) is 26.6. The van der Waals surface area contributed by atoms with Gasteiger partial charge >= 0.3 is 6.09 Å². The Hall–Kier alpha value is -3.01. The van der Waals surface area contributed by atoms with Crippen molar-refractivity contribution in [3.05, 3.63) is 71.0 Å². The van der Waals surface area contributed by atoms with Crippen LogP contribution in [0.25, 0.3) is 0 Å². The van der Waals surface area contributed by atoms with Gasteiger partial charge in [0, 0.05) is 19.7 Å². The van der Waals surface area contributed by atoms with Gasteiger partial charge in [0.1, 0.15) is 11.9 Å². The van der Waals surface area contributed by atoms with E-state index in [4.69, 9.17) is 14.2 Å². The van der Waals surface area contributed by atoms with Gasteiger partial charge < -0.3 is 29.1 Å². The maximum Gasteiger partial charge on any atom is 0.407 e. The average Bonchev–Trinajstić information content (AvgIpc) is 2.95. The number of ether oxygens (including phenoxy) is 3. The Labute approximate surface area is 222 Å². The molecule has 3 heterocycles. The van der Waals surface area contributed by atoms with E-state index in [0.29, 0.717) is 26.0 Å². The van der Waals surface area contributed by atoms with Crippen LogP contribution >= 0.6 is 0 Å². The quantitative estimate of drug-likeness (QED) is 0.577. The SMILES string of the molecule is O=C(O)N(CCOC1CCCCO1)[C@H]1CC[C@@H](C(=O)N2CCc3ccccc3[C@@H]2c2ccc(F)cc2)OC1. The Morgan fingerprint density at radius 1 is 1.05 bits per heavy atom. The molecule has 0 saturated carbocycles. The van der Waals surface area contributed by atoms with Gasteiger partial charge in [-0.3, -0.25) is 4.79 Å². The molecule has 0 spiro atoms. The summed E-state index contributed by atoms with van der Waals surface area (Å²) < 4.78 is 31.0. The molecule has 38 heavy (non-hydrogen) atoms. The molecular weight excluding hydrogens is 491 g/mol. The fraction of sp³-hybridized carbons (Fsp3) is 0.517. The third kappa shape index (κ3) is 6.00. The van der Waals surface area contributed by atoms with E-state index in [1.54, 1.807) is 12.1 Å². The molecule has 9 heteroatoms. The molecule has 5 rings (SSSR count). The summed E-state index contributed by atoms with van der Waals surface area (Å²) in [6.45, 7) is 1.82. The number of fused-ring (bicyclic) bond motifs is 1. The van der Waals surface area contributed by atoms with Gasteiger partial charge in [-0.15, -0.1) is 0 Å². The molecule has 3 aliphatic rings. The molecule has 1 unspecified atom stereocenters. The lowest BCUT2D eigenvalue weighted by molar-refractivity contribution is -0.166. The summed E-state index contributed by atoms with van der Waals surface area (Å²) in [7, 11) is 0. The second-order valence-corrected chi connectivity index (χ2v) is 10.1. The van der Waals surface area contributed by atoms with Gasteiger partial charge in [0.25, 0.3) is 5.91 Å². The molecule has 1 N–H and O–H groups in total. The molecule has 4 atom stereocenters. The summed E-state index contributed by atoms with van der Waals surface area (Å²) in [5.41, 5.74) is 3.06. The minimum atomic E-state index is -1.03. The standard InChI is InChI=1S/C29H35FN2O6/c30-22-10-8-21(9-11-22)27-24-6-2-1-5-20(24)14-15-32(27)28(33)25-13-12-23(19-38-25)31(29(34)35)16-18-37-26-7-3-4-17-36-26/h1-2,5-6,8-11,23,25-27H,3-4,7,12-19H2,(H,34,35)/t23-,25-,26?,27-/m0/s1. The first-order chi connectivity index (χ1) is 18.5. The predicted molar refractivity (Wildman–Crippen MR) is 137 cm³/mol. The molecule has 2 aromatic rings. The summed E-state index contributed by atoms with van der Waals surface area (Å²) >= 11 is 0. The second-order valence-electron chi connectivity index (χ2n) is 10.1. The normalized spacial score (nSPS) is 25.4. The van der Waals surface area contributed by atoms with Crippen molar-refractivity contribution in [2.24, 2.45) is 0 Å². The number of carboxylic acid groups (broad SMARTS) is 1. The zero-order chi connectivity index (χ0) is 26.5. The van der Waals surface area contributed by atoms with Gasteiger partial charge in [-0.05, 0) is 67.3 Å². The Morgan fingerprint density at radius 2 is 1.87 bits per heavy atom. The van der Waals surface area contributed by atoms with E-state index in [-0.39, 0.29) is 49.9 Å². The first-order valence-corrected chi connectivity index (χ1v) is 13.5. The largest absolute Gasteiger partial charge is 0.465 e. The summed E-state index contributed by atoms with van der Waals surface area (Å²) in [5.74, 6) is -0.441. The molecule has 0 radical (unpaired) electrons. The van der Waals surface area contributed by atoms with Crippen molar-refractivity contribution in [3.63, 3.8) is 0 Å². The number of amides is 2. The minimum absolute atomic E-state index is 0.119. The van der Waals surface area contributed by atoms with Gasteiger partial charge in [0.05, 0.1) is 25.3 Å². The highest BCUT2D eigenvalue weighted by Gasteiger charge is 2.39. The molecule has 2 fully saturated rings. The monoisotopic (exact) mass is 526 g/mol. The van der Waals surface area contributed by atoms with Crippen LogP contribution in [0.4, 0.5) is 9.18 Å². The van der Waals surface area contributed by atoms with Crippen LogP contribution < -0.4 is 0 Å². The molecule has 2 amide bonds. The lowest BCUT2D eigenvalue weighted by Crippen LogP contribution is -2.52. The van der Waals surface area contributed by atoms with Gasteiger partial charge in [-0.1, -0.05) is 36.4 Å². The third-order valence-corrected chi connectivity index (χ3v) is 7.74. The minimum Gasteiger partial charge on any atom is -0.465 e. The lowest BCUT2D eigenvalue weighted by Gasteiger charge is -2.41. The van der Waals surface area contributed by atoms with E-state index in [1.165, 1.54) is 22.6 Å². The smallest absolute Gasteiger partial charge is 0.407 e. The molecule has 0 aliphatic carbocycles. The van der Waals surface area contributed by atoms with Gasteiger partial charge in [0.15, 0.2) is 6.29 Å². The Balaban J connectivity index is 1.22. The fourth-order valence-electron chi connectivity index (χ4n) is 5.73. The molecule has 8 nitrogen and oxygen atoms in total. The van der Waals surface area contributed by atoms with E-state index in [2.05, 4.69) is 6.07 Å². The highest BCUT2D eigenvalue weighted by molar-refractivity contribution is 5.82. The molecule has 2 aromatic carbocycles. The summed E-state index contributed by atoms with van der Waals surface area (Å²) in [5, 5.41) is 9.80. The Kier molecular flexibility index (Phi) is 8.56. The van der Waals surface area contributed by atoms with Crippen molar-refractivity contribution in [1.82, 2.24) is 9.80 Å². The maximum atomic E-state index is 13.7. The van der Waals surface area contributed by atoms with Crippen molar-refractivity contribution in [2.75, 3.05) is 32.9 Å². The van der Waals surface area contributed by atoms with Crippen molar-refractivity contribution >= 4 is 12.0 Å². The van der Waals surface area contributed by atoms with E-state index in [9.17, 15) is 19.1 Å². The Bertz CT molecular complexity index is 1100. The van der Waals surface area contributed by atoms with E-state index in [0.717, 1.165) is 36.8 Å². The van der Waals surface area contributed by atoms with Crippen LogP contribution in [0.5, 0.6) is 0 Å². The van der Waals surface area contributed by atoms with Gasteiger partial charge in [-0.2, -0.15) is 0 Å². The number of nitrogens with zero attached hydrogens (tertiary/aromatic N) is 2. The first-order valence-electron chi connectivity index (χ1n) is 13.5. The molecule has 0 bridgehead atoms. The third-order valence-electron chi connectivity index (χ3n) is 7.74. The lowest BCUT2D eigenvalue weighted by atomic mass is 9.87. The highest BCUT2D eigenvalue weighted by atomic mass is 19.1. The zero-order valence-electron chi connectivity index (χ0n) is 21.5. The van der Waals surface area contributed by atoms with Gasteiger partial charge in [0.2, 0.25) is 0 Å². The van der Waals surface area contributed by atoms with E-state index < -0.39 is 12.2 Å². The number of halogens is 1. The average molecular weight is 527 g/mol. The predicted octanol–water partition coefficient (Wildman–Crippen LogP) is 4.37. The number of hydrogen-bond acceptors (Lipinski definition) is 5. The van der Waals surface area contributed by atoms with Crippen LogP contribution in [0.15, 0.2) is 48.5 Å². The van der Waals surface area contributed by atoms with Crippen LogP contribution in [-0.4, -0.2) is 78.3 Å². The van der Waals surface area contributed by atoms with Crippen LogP contribution in [-0.2, 0) is 25.4 Å². The maximum absolute atomic E-state index is 13.7. The van der Waals surface area contributed by atoms with Crippen LogP contribution in [0.1, 0.15) is 54.8 Å². The number of hydrogen-bond donors (Lipinski definition) is 1. The van der Waals surface area contributed by atoms with Crippen molar-refractivity contribution in [1.29, 1.82) is 0 Å². The number of benzene rings is 2. The molecule has 204 valence electrons. The topological polar surface area (TPSA) is 88.5 Å². The van der Waals surface area contributed by atoms with Crippen molar-refractivity contribution in [2.45, 2.75) is 63.0 Å². The molecule has 0 aromatic heterocycles. The van der Waals surface area contributed by atoms with Crippen molar-refractivity contribution < 1.29 is 33.3 Å². The van der Waals surface area contributed by atoms with Crippen molar-refractivity contribution in [3.8, 4) is 0 Å². The molecular formula is C29H35FN2O6. The summed E-state index contributed by atoms with van der Waals surface area (Å²) in [4.78, 5) is 28.9. The number of carbonyl (C=O) groups is 2. The number of rotatable bonds is 7. The van der Waals surface area contributed by atoms with E-state index >= 15 is 0 Å². The summed E-state index contributed by atoms with van der Waals surface area (Å²) in [6, 6.07) is 13.6. The molecule has 3 aliphatic heterocycles. The fourth-order valence-corrected chi connectivity index (χ4v) is 5.73. The summed E-state index contributed by atoms with van der Waals surface area (Å²) in [6.07, 6.45) is 2.62. The molecule has 2 saturated heterocycles.